The van der Waals surface area contributed by atoms with Gasteiger partial charge in [0, 0.05) is 6.54 Å². The molecule has 2 aromatic rings. The molecule has 0 N–H and O–H groups in total. The number of hydrogen-bond donors (Lipinski definition) is 0. The minimum Gasteiger partial charge on any atom is -0.486 e. The Bertz CT molecular complexity index is 928. The second-order valence-corrected chi connectivity index (χ2v) is 8.87. The lowest BCUT2D eigenvalue weighted by Crippen LogP contribution is -2.31. The maximum absolute atomic E-state index is 13.2. The molecule has 138 valence electrons. The first kappa shape index (κ1) is 17.9. The summed E-state index contributed by atoms with van der Waals surface area (Å²) in [6, 6.07) is 10.00. The zero-order chi connectivity index (χ0) is 18.3. The van der Waals surface area contributed by atoms with Crippen LogP contribution in [0.5, 0.6) is 11.5 Å². The van der Waals surface area contributed by atoms with Crippen LogP contribution in [0.3, 0.4) is 0 Å². The van der Waals surface area contributed by atoms with Gasteiger partial charge in [0.2, 0.25) is 10.0 Å². The average molecular weight is 414 g/mol. The highest BCUT2D eigenvalue weighted by Crippen LogP contribution is 2.42. The first-order valence-electron chi connectivity index (χ1n) is 8.34. The van der Waals surface area contributed by atoms with Gasteiger partial charge in [-0.25, -0.2) is 8.42 Å². The Hall–Kier alpha value is -1.47. The first-order chi connectivity index (χ1) is 12.5. The summed E-state index contributed by atoms with van der Waals surface area (Å²) in [5, 5.41) is 0.260. The molecule has 0 spiro atoms. The van der Waals surface area contributed by atoms with E-state index in [1.54, 1.807) is 6.07 Å². The summed E-state index contributed by atoms with van der Waals surface area (Å²) in [7, 11) is -3.82. The molecule has 0 aliphatic carbocycles. The van der Waals surface area contributed by atoms with E-state index < -0.39 is 10.0 Å². The molecule has 5 nitrogen and oxygen atoms in total. The number of sulfonamides is 1. The normalized spacial score (nSPS) is 20.3. The van der Waals surface area contributed by atoms with Gasteiger partial charge in [0.1, 0.15) is 18.1 Å². The lowest BCUT2D eigenvalue weighted by molar-refractivity contribution is 0.171. The fourth-order valence-electron chi connectivity index (χ4n) is 3.47. The first-order valence-corrected chi connectivity index (χ1v) is 10.5. The van der Waals surface area contributed by atoms with Crippen LogP contribution in [-0.4, -0.2) is 32.5 Å². The molecule has 0 unspecified atom stereocenters. The van der Waals surface area contributed by atoms with Crippen LogP contribution < -0.4 is 9.47 Å². The predicted octanol–water partition coefficient (Wildman–Crippen LogP) is 4.29. The highest BCUT2D eigenvalue weighted by atomic mass is 35.5. The van der Waals surface area contributed by atoms with E-state index in [9.17, 15) is 8.42 Å². The van der Waals surface area contributed by atoms with Gasteiger partial charge in [-0.15, -0.1) is 0 Å². The summed E-state index contributed by atoms with van der Waals surface area (Å²) in [5.41, 5.74) is 0.874. The highest BCUT2D eigenvalue weighted by molar-refractivity contribution is 7.89. The second-order valence-electron chi connectivity index (χ2n) is 6.23. The van der Waals surface area contributed by atoms with E-state index in [0.29, 0.717) is 31.3 Å². The second kappa shape index (κ2) is 6.93. The lowest BCUT2D eigenvalue weighted by atomic mass is 10.0. The van der Waals surface area contributed by atoms with Crippen molar-refractivity contribution in [3.8, 4) is 11.5 Å². The van der Waals surface area contributed by atoms with Gasteiger partial charge in [-0.1, -0.05) is 35.3 Å². The van der Waals surface area contributed by atoms with Crippen LogP contribution in [0.4, 0.5) is 0 Å². The molecule has 2 aromatic carbocycles. The Morgan fingerprint density at radius 3 is 2.42 bits per heavy atom. The maximum Gasteiger partial charge on any atom is 0.246 e. The number of nitrogens with zero attached hydrogens (tertiary/aromatic N) is 1. The quantitative estimate of drug-likeness (QED) is 0.752. The highest BCUT2D eigenvalue weighted by Gasteiger charge is 2.38. The monoisotopic (exact) mass is 413 g/mol. The predicted molar refractivity (Wildman–Crippen MR) is 99.8 cm³/mol. The Labute approximate surface area is 162 Å². The number of fused-ring (bicyclic) bond motifs is 1. The van der Waals surface area contributed by atoms with Crippen molar-refractivity contribution < 1.29 is 17.9 Å². The Kier molecular flexibility index (Phi) is 4.77. The molecule has 1 atom stereocenters. The minimum absolute atomic E-state index is 0.0345. The van der Waals surface area contributed by atoms with E-state index in [1.165, 1.54) is 16.4 Å². The smallest absolute Gasteiger partial charge is 0.246 e. The van der Waals surface area contributed by atoms with Gasteiger partial charge in [-0.05, 0) is 42.7 Å². The van der Waals surface area contributed by atoms with Crippen molar-refractivity contribution in [2.24, 2.45) is 0 Å². The molecule has 0 saturated carbocycles. The molecule has 0 amide bonds. The largest absolute Gasteiger partial charge is 0.486 e. The summed E-state index contributed by atoms with van der Waals surface area (Å²) in [4.78, 5) is -0.0345. The zero-order valence-electron chi connectivity index (χ0n) is 13.8. The topological polar surface area (TPSA) is 55.8 Å². The maximum atomic E-state index is 13.2. The average Bonchev–Trinajstić information content (AvgIpc) is 3.11. The van der Waals surface area contributed by atoms with Crippen molar-refractivity contribution >= 4 is 33.2 Å². The van der Waals surface area contributed by atoms with Crippen molar-refractivity contribution in [3.63, 3.8) is 0 Å². The van der Waals surface area contributed by atoms with Gasteiger partial charge >= 0.3 is 0 Å². The van der Waals surface area contributed by atoms with Gasteiger partial charge in [0.05, 0.1) is 16.1 Å². The van der Waals surface area contributed by atoms with E-state index in [4.69, 9.17) is 32.7 Å². The van der Waals surface area contributed by atoms with Gasteiger partial charge in [0.15, 0.2) is 11.5 Å². The summed E-state index contributed by atoms with van der Waals surface area (Å²) in [5.74, 6) is 1.33. The number of hydrogen-bond acceptors (Lipinski definition) is 4. The van der Waals surface area contributed by atoms with Gasteiger partial charge in [-0.2, -0.15) is 4.31 Å². The Balaban J connectivity index is 1.73. The molecule has 2 aliphatic heterocycles. The van der Waals surface area contributed by atoms with Crippen molar-refractivity contribution in [2.45, 2.75) is 23.8 Å². The standard InChI is InChI=1S/C18H17Cl2NO4S/c19-13-3-1-4-14(20)18(13)26(22,23)21-8-2-5-15(21)12-6-7-16-17(11-12)25-10-9-24-16/h1,3-4,6-7,11,15H,2,5,8-10H2/t15-/m1/s1. The molecule has 0 bridgehead atoms. The molecular weight excluding hydrogens is 397 g/mol. The van der Waals surface area contributed by atoms with Crippen molar-refractivity contribution in [1.29, 1.82) is 0 Å². The van der Waals surface area contributed by atoms with Crippen LogP contribution in [0.25, 0.3) is 0 Å². The Morgan fingerprint density at radius 1 is 1.00 bits per heavy atom. The zero-order valence-corrected chi connectivity index (χ0v) is 16.1. The van der Waals surface area contributed by atoms with Crippen LogP contribution in [0.15, 0.2) is 41.3 Å². The van der Waals surface area contributed by atoms with E-state index in [1.807, 2.05) is 18.2 Å². The van der Waals surface area contributed by atoms with Gasteiger partial charge < -0.3 is 9.47 Å². The van der Waals surface area contributed by atoms with E-state index in [-0.39, 0.29) is 21.0 Å². The Morgan fingerprint density at radius 2 is 1.69 bits per heavy atom. The van der Waals surface area contributed by atoms with E-state index >= 15 is 0 Å². The van der Waals surface area contributed by atoms with Crippen molar-refractivity contribution in [3.05, 3.63) is 52.0 Å². The van der Waals surface area contributed by atoms with Crippen LogP contribution in [0.2, 0.25) is 10.0 Å². The molecular formula is C18H17Cl2NO4S. The number of benzene rings is 2. The SMILES string of the molecule is O=S(=O)(c1c(Cl)cccc1Cl)N1CCC[C@@H]1c1ccc2c(c1)OCCO2. The minimum atomic E-state index is -3.82. The van der Waals surface area contributed by atoms with Gasteiger partial charge in [0.25, 0.3) is 0 Å². The van der Waals surface area contributed by atoms with E-state index in [2.05, 4.69) is 0 Å². The van der Waals surface area contributed by atoms with E-state index in [0.717, 1.165) is 18.4 Å². The molecule has 26 heavy (non-hydrogen) atoms. The summed E-state index contributed by atoms with van der Waals surface area (Å²) >= 11 is 12.3. The van der Waals surface area contributed by atoms with Crippen molar-refractivity contribution in [1.82, 2.24) is 4.31 Å². The van der Waals surface area contributed by atoms with Crippen LogP contribution in [-0.2, 0) is 10.0 Å². The molecule has 1 fully saturated rings. The molecule has 2 heterocycles. The molecule has 8 heteroatoms. The van der Waals surface area contributed by atoms with Crippen LogP contribution in [0, 0.1) is 0 Å². The van der Waals surface area contributed by atoms with Crippen molar-refractivity contribution in [2.75, 3.05) is 19.8 Å². The number of ether oxygens (including phenoxy) is 2. The summed E-state index contributed by atoms with van der Waals surface area (Å²) in [6.45, 7) is 1.42. The summed E-state index contributed by atoms with van der Waals surface area (Å²) in [6.07, 6.45) is 1.49. The molecule has 2 aliphatic rings. The molecule has 1 saturated heterocycles. The van der Waals surface area contributed by atoms with Crippen LogP contribution >= 0.6 is 23.2 Å². The van der Waals surface area contributed by atoms with Crippen LogP contribution in [0.1, 0.15) is 24.4 Å². The molecule has 0 aromatic heterocycles. The lowest BCUT2D eigenvalue weighted by Gasteiger charge is -2.26. The molecule has 4 rings (SSSR count). The summed E-state index contributed by atoms with van der Waals surface area (Å²) < 4.78 is 39.2. The van der Waals surface area contributed by atoms with Gasteiger partial charge in [-0.3, -0.25) is 0 Å². The third kappa shape index (κ3) is 3.05. The third-order valence-corrected chi connectivity index (χ3v) is 7.50. The fraction of sp³-hybridized carbons (Fsp3) is 0.333. The fourth-order valence-corrected chi connectivity index (χ4v) is 6.25. The molecule has 0 radical (unpaired) electrons. The number of rotatable bonds is 3. The number of halogens is 2. The third-order valence-electron chi connectivity index (χ3n) is 4.64.